The molecule has 1 atom stereocenters. The average Bonchev–Trinajstić information content (AvgIpc) is 2.64. The summed E-state index contributed by atoms with van der Waals surface area (Å²) in [6, 6.07) is 0. The lowest BCUT2D eigenvalue weighted by Crippen LogP contribution is -2.52. The predicted molar refractivity (Wildman–Crippen MR) is 62.0 cm³/mol. The summed E-state index contributed by atoms with van der Waals surface area (Å²) in [5.74, 6) is -0.254. The highest BCUT2D eigenvalue weighted by Gasteiger charge is 2.42. The van der Waals surface area contributed by atoms with Crippen LogP contribution in [0.3, 0.4) is 0 Å². The minimum absolute atomic E-state index is 0.0700. The van der Waals surface area contributed by atoms with Crippen molar-refractivity contribution in [2.45, 2.75) is 52.2 Å². The highest BCUT2D eigenvalue weighted by atomic mass is 16.6. The zero-order valence-corrected chi connectivity index (χ0v) is 10.7. The largest absolute Gasteiger partial charge is 0.462 e. The second kappa shape index (κ2) is 4.72. The molecule has 2 N–H and O–H groups in total. The number of hydrogen-bond donors (Lipinski definition) is 1. The SMILES string of the molecule is CC(C)(N)C(C)(C)C(=O)OCC1CCCO1. The summed E-state index contributed by atoms with van der Waals surface area (Å²) >= 11 is 0. The molecule has 0 aromatic carbocycles. The molecule has 1 fully saturated rings. The lowest BCUT2D eigenvalue weighted by Gasteiger charge is -2.36. The summed E-state index contributed by atoms with van der Waals surface area (Å²) in [7, 11) is 0. The van der Waals surface area contributed by atoms with E-state index in [1.54, 1.807) is 0 Å². The number of nitrogens with two attached hydrogens (primary N) is 1. The zero-order chi connectivity index (χ0) is 12.4. The summed E-state index contributed by atoms with van der Waals surface area (Å²) in [6.07, 6.45) is 2.09. The Labute approximate surface area is 97.5 Å². The third-order valence-corrected chi connectivity index (χ3v) is 3.55. The van der Waals surface area contributed by atoms with Crippen molar-refractivity contribution in [2.24, 2.45) is 11.1 Å². The van der Waals surface area contributed by atoms with Crippen LogP contribution in [0.15, 0.2) is 0 Å². The molecule has 0 radical (unpaired) electrons. The normalized spacial score (nSPS) is 22.2. The van der Waals surface area contributed by atoms with Gasteiger partial charge in [-0.1, -0.05) is 0 Å². The van der Waals surface area contributed by atoms with Gasteiger partial charge in [-0.15, -0.1) is 0 Å². The molecule has 1 heterocycles. The minimum atomic E-state index is -0.689. The van der Waals surface area contributed by atoms with E-state index in [-0.39, 0.29) is 12.1 Å². The molecule has 4 heteroatoms. The van der Waals surface area contributed by atoms with Gasteiger partial charge in [0.05, 0.1) is 11.5 Å². The van der Waals surface area contributed by atoms with Crippen LogP contribution in [0.2, 0.25) is 0 Å². The molecule has 0 aromatic heterocycles. The Bertz CT molecular complexity index is 249. The first-order chi connectivity index (χ1) is 7.25. The Morgan fingerprint density at radius 3 is 2.50 bits per heavy atom. The van der Waals surface area contributed by atoms with Crippen molar-refractivity contribution in [2.75, 3.05) is 13.2 Å². The molecular formula is C12H23NO3. The number of carbonyl (C=O) groups excluding carboxylic acids is 1. The molecule has 1 aliphatic rings. The minimum Gasteiger partial charge on any atom is -0.462 e. The van der Waals surface area contributed by atoms with E-state index in [9.17, 15) is 4.79 Å². The monoisotopic (exact) mass is 229 g/mol. The lowest BCUT2D eigenvalue weighted by atomic mass is 9.75. The molecule has 1 rings (SSSR count). The number of ether oxygens (including phenoxy) is 2. The molecule has 0 bridgehead atoms. The molecule has 1 aliphatic heterocycles. The quantitative estimate of drug-likeness (QED) is 0.742. The summed E-state index contributed by atoms with van der Waals surface area (Å²) in [4.78, 5) is 11.9. The third kappa shape index (κ3) is 2.95. The predicted octanol–water partition coefficient (Wildman–Crippen LogP) is 1.47. The van der Waals surface area contributed by atoms with Crippen LogP contribution in [0.4, 0.5) is 0 Å². The van der Waals surface area contributed by atoms with Crippen LogP contribution in [0.25, 0.3) is 0 Å². The average molecular weight is 229 g/mol. The van der Waals surface area contributed by atoms with Gasteiger partial charge in [0.2, 0.25) is 0 Å². The van der Waals surface area contributed by atoms with Crippen LogP contribution in [0.1, 0.15) is 40.5 Å². The summed E-state index contributed by atoms with van der Waals surface area (Å²) < 4.78 is 10.7. The molecule has 1 unspecified atom stereocenters. The zero-order valence-electron chi connectivity index (χ0n) is 10.7. The van der Waals surface area contributed by atoms with Crippen LogP contribution in [-0.2, 0) is 14.3 Å². The molecule has 0 spiro atoms. The van der Waals surface area contributed by atoms with Crippen molar-refractivity contribution in [3.63, 3.8) is 0 Å². The van der Waals surface area contributed by atoms with Crippen molar-refractivity contribution in [3.05, 3.63) is 0 Å². The van der Waals surface area contributed by atoms with E-state index in [0.29, 0.717) is 6.61 Å². The van der Waals surface area contributed by atoms with Gasteiger partial charge < -0.3 is 15.2 Å². The molecule has 94 valence electrons. The molecular weight excluding hydrogens is 206 g/mol. The van der Waals surface area contributed by atoms with Crippen LogP contribution < -0.4 is 5.73 Å². The van der Waals surface area contributed by atoms with E-state index < -0.39 is 11.0 Å². The lowest BCUT2D eigenvalue weighted by molar-refractivity contribution is -0.160. The molecule has 0 aliphatic carbocycles. The van der Waals surface area contributed by atoms with Gasteiger partial charge in [0.1, 0.15) is 6.61 Å². The van der Waals surface area contributed by atoms with Crippen molar-refractivity contribution >= 4 is 5.97 Å². The third-order valence-electron chi connectivity index (χ3n) is 3.55. The topological polar surface area (TPSA) is 61.6 Å². The molecule has 0 aromatic rings. The maximum absolute atomic E-state index is 11.9. The number of esters is 1. The first-order valence-electron chi connectivity index (χ1n) is 5.83. The van der Waals surface area contributed by atoms with Gasteiger partial charge in [-0.2, -0.15) is 0 Å². The molecule has 16 heavy (non-hydrogen) atoms. The first-order valence-corrected chi connectivity index (χ1v) is 5.83. The standard InChI is InChI=1S/C12H23NO3/c1-11(2,12(3,4)13)10(14)16-8-9-6-5-7-15-9/h9H,5-8,13H2,1-4H3. The number of rotatable bonds is 4. The second-order valence-corrected chi connectivity index (χ2v) is 5.58. The van der Waals surface area contributed by atoms with Crippen LogP contribution in [0.5, 0.6) is 0 Å². The summed E-state index contributed by atoms with van der Waals surface area (Å²) in [5, 5.41) is 0. The Morgan fingerprint density at radius 2 is 2.06 bits per heavy atom. The van der Waals surface area contributed by atoms with Crippen LogP contribution >= 0.6 is 0 Å². The van der Waals surface area contributed by atoms with E-state index in [2.05, 4.69) is 0 Å². The fraction of sp³-hybridized carbons (Fsp3) is 0.917. The van der Waals surface area contributed by atoms with Crippen LogP contribution in [-0.4, -0.2) is 30.8 Å². The van der Waals surface area contributed by atoms with Gasteiger partial charge in [0, 0.05) is 12.1 Å². The maximum Gasteiger partial charge on any atom is 0.313 e. The highest BCUT2D eigenvalue weighted by Crippen LogP contribution is 2.30. The van der Waals surface area contributed by atoms with Crippen molar-refractivity contribution in [1.82, 2.24) is 0 Å². The van der Waals surface area contributed by atoms with Gasteiger partial charge in [-0.25, -0.2) is 0 Å². The molecule has 1 saturated heterocycles. The highest BCUT2D eigenvalue weighted by molar-refractivity contribution is 5.77. The molecule has 4 nitrogen and oxygen atoms in total. The van der Waals surface area contributed by atoms with Crippen molar-refractivity contribution < 1.29 is 14.3 Å². The fourth-order valence-electron chi connectivity index (χ4n) is 1.39. The van der Waals surface area contributed by atoms with Gasteiger partial charge in [0.25, 0.3) is 0 Å². The fourth-order valence-corrected chi connectivity index (χ4v) is 1.39. The number of carbonyl (C=O) groups is 1. The van der Waals surface area contributed by atoms with Gasteiger partial charge in [-0.3, -0.25) is 4.79 Å². The van der Waals surface area contributed by atoms with Crippen molar-refractivity contribution in [3.8, 4) is 0 Å². The van der Waals surface area contributed by atoms with Gasteiger partial charge in [-0.05, 0) is 40.5 Å². The molecule has 0 amide bonds. The Hall–Kier alpha value is -0.610. The molecule has 0 saturated carbocycles. The number of hydrogen-bond acceptors (Lipinski definition) is 4. The first kappa shape index (κ1) is 13.5. The van der Waals surface area contributed by atoms with Gasteiger partial charge in [0.15, 0.2) is 0 Å². The van der Waals surface area contributed by atoms with E-state index in [1.165, 1.54) is 0 Å². The van der Waals surface area contributed by atoms with E-state index in [4.69, 9.17) is 15.2 Å². The van der Waals surface area contributed by atoms with E-state index in [1.807, 2.05) is 27.7 Å². The maximum atomic E-state index is 11.9. The van der Waals surface area contributed by atoms with Gasteiger partial charge >= 0.3 is 5.97 Å². The van der Waals surface area contributed by atoms with E-state index >= 15 is 0 Å². The van der Waals surface area contributed by atoms with E-state index in [0.717, 1.165) is 19.4 Å². The smallest absolute Gasteiger partial charge is 0.313 e. The Kier molecular flexibility index (Phi) is 3.97. The summed E-state index contributed by atoms with van der Waals surface area (Å²) in [5.41, 5.74) is 4.68. The summed E-state index contributed by atoms with van der Waals surface area (Å²) in [6.45, 7) is 8.41. The second-order valence-electron chi connectivity index (χ2n) is 5.58. The Morgan fingerprint density at radius 1 is 1.44 bits per heavy atom. The van der Waals surface area contributed by atoms with Crippen molar-refractivity contribution in [1.29, 1.82) is 0 Å². The van der Waals surface area contributed by atoms with Crippen LogP contribution in [0, 0.1) is 5.41 Å². The Balaban J connectivity index is 2.45.